The molecular formula is C33H48O5. The molecule has 11 atom stereocenters. The van der Waals surface area contributed by atoms with Gasteiger partial charge in [-0.05, 0) is 121 Å². The van der Waals surface area contributed by atoms with Crippen LogP contribution in [-0.2, 0) is 0 Å². The van der Waals surface area contributed by atoms with Gasteiger partial charge in [-0.15, -0.1) is 0 Å². The number of hydrogen-bond acceptors (Lipinski definition) is 4. The summed E-state index contributed by atoms with van der Waals surface area (Å²) in [6.07, 6.45) is 13.4. The van der Waals surface area contributed by atoms with E-state index in [4.69, 9.17) is 5.11 Å². The van der Waals surface area contributed by atoms with Crippen molar-refractivity contribution >= 4 is 12.0 Å². The van der Waals surface area contributed by atoms with Crippen molar-refractivity contribution in [1.82, 2.24) is 0 Å². The number of carbonyl (C=O) groups is 1. The van der Waals surface area contributed by atoms with Gasteiger partial charge in [-0.3, -0.25) is 0 Å². The Kier molecular flexibility index (Phi) is 7.49. The SMILES string of the molecule is CC[C@@H]1C2C[C@H](O)CCC2(C)C2CC[C@@]3(C)C(CC[C@@H]3[C@H](C)C/C=C/c3ccc(C(=O)O)c(O)c3)C2[C@@H]1O. The Morgan fingerprint density at radius 3 is 2.45 bits per heavy atom. The summed E-state index contributed by atoms with van der Waals surface area (Å²) in [7, 11) is 0. The van der Waals surface area contributed by atoms with Crippen LogP contribution in [0.1, 0.15) is 101 Å². The summed E-state index contributed by atoms with van der Waals surface area (Å²) in [5.41, 5.74) is 1.22. The average molecular weight is 525 g/mol. The van der Waals surface area contributed by atoms with E-state index in [1.807, 2.05) is 6.08 Å². The molecule has 5 rings (SSSR count). The smallest absolute Gasteiger partial charge is 0.339 e. The second-order valence-corrected chi connectivity index (χ2v) is 13.8. The Morgan fingerprint density at radius 1 is 1.05 bits per heavy atom. The summed E-state index contributed by atoms with van der Waals surface area (Å²) >= 11 is 0. The van der Waals surface area contributed by atoms with E-state index >= 15 is 0 Å². The van der Waals surface area contributed by atoms with E-state index in [-0.39, 0.29) is 34.4 Å². The van der Waals surface area contributed by atoms with Gasteiger partial charge in [0.1, 0.15) is 11.3 Å². The number of aliphatic hydroxyl groups excluding tert-OH is 2. The fourth-order valence-corrected chi connectivity index (χ4v) is 10.3. The predicted molar refractivity (Wildman–Crippen MR) is 150 cm³/mol. The number of aromatic hydroxyl groups is 1. The van der Waals surface area contributed by atoms with Gasteiger partial charge < -0.3 is 20.4 Å². The van der Waals surface area contributed by atoms with Crippen LogP contribution in [0.5, 0.6) is 5.75 Å². The highest BCUT2D eigenvalue weighted by Gasteiger charge is 2.64. The Morgan fingerprint density at radius 2 is 1.76 bits per heavy atom. The Hall–Kier alpha value is -1.85. The first-order valence-corrected chi connectivity index (χ1v) is 15.1. The number of phenols is 1. The van der Waals surface area contributed by atoms with Crippen molar-refractivity contribution in [2.24, 2.45) is 52.3 Å². The van der Waals surface area contributed by atoms with Gasteiger partial charge >= 0.3 is 5.97 Å². The van der Waals surface area contributed by atoms with E-state index < -0.39 is 5.97 Å². The number of benzene rings is 1. The van der Waals surface area contributed by atoms with Crippen LogP contribution >= 0.6 is 0 Å². The van der Waals surface area contributed by atoms with Crippen LogP contribution in [0.2, 0.25) is 0 Å². The topological polar surface area (TPSA) is 98.0 Å². The van der Waals surface area contributed by atoms with Crippen molar-refractivity contribution in [2.75, 3.05) is 0 Å². The lowest BCUT2D eigenvalue weighted by atomic mass is 9.41. The maximum Gasteiger partial charge on any atom is 0.339 e. The monoisotopic (exact) mass is 524 g/mol. The molecule has 4 aliphatic carbocycles. The number of carboxylic acids is 1. The molecule has 0 heterocycles. The summed E-state index contributed by atoms with van der Waals surface area (Å²) in [5.74, 6) is 2.04. The van der Waals surface area contributed by atoms with E-state index in [9.17, 15) is 20.1 Å². The molecule has 1 aromatic rings. The number of hydrogen-bond donors (Lipinski definition) is 4. The molecule has 0 radical (unpaired) electrons. The van der Waals surface area contributed by atoms with Crippen molar-refractivity contribution in [3.63, 3.8) is 0 Å². The second kappa shape index (κ2) is 10.3. The molecule has 38 heavy (non-hydrogen) atoms. The maximum atomic E-state index is 11.9. The molecular weight excluding hydrogens is 476 g/mol. The van der Waals surface area contributed by atoms with Crippen molar-refractivity contribution in [3.05, 3.63) is 35.4 Å². The zero-order valence-electron chi connectivity index (χ0n) is 23.6. The number of rotatable bonds is 6. The van der Waals surface area contributed by atoms with E-state index in [0.717, 1.165) is 37.7 Å². The second-order valence-electron chi connectivity index (χ2n) is 13.8. The predicted octanol–water partition coefficient (Wildman–Crippen LogP) is 6.76. The lowest BCUT2D eigenvalue weighted by molar-refractivity contribution is -0.203. The third-order valence-corrected chi connectivity index (χ3v) is 12.2. The van der Waals surface area contributed by atoms with Gasteiger partial charge in [0.05, 0.1) is 12.2 Å². The molecule has 4 fully saturated rings. The van der Waals surface area contributed by atoms with Crippen molar-refractivity contribution in [2.45, 2.75) is 97.7 Å². The Bertz CT molecular complexity index is 1070. The molecule has 4 aliphatic rings. The van der Waals surface area contributed by atoms with E-state index in [2.05, 4.69) is 33.8 Å². The molecule has 0 saturated heterocycles. The molecule has 1 aromatic carbocycles. The quantitative estimate of drug-likeness (QED) is 0.330. The molecule has 0 amide bonds. The lowest BCUT2D eigenvalue weighted by Gasteiger charge is -2.64. The average Bonchev–Trinajstić information content (AvgIpc) is 3.22. The maximum absolute atomic E-state index is 11.9. The summed E-state index contributed by atoms with van der Waals surface area (Å²) < 4.78 is 0. The van der Waals surface area contributed by atoms with Gasteiger partial charge in [-0.25, -0.2) is 4.79 Å². The molecule has 0 spiro atoms. The van der Waals surface area contributed by atoms with Crippen LogP contribution in [0.25, 0.3) is 6.08 Å². The number of carboxylic acid groups (broad SMARTS) is 1. The van der Waals surface area contributed by atoms with Crippen molar-refractivity contribution in [3.8, 4) is 5.75 Å². The van der Waals surface area contributed by atoms with Gasteiger partial charge in [0, 0.05) is 0 Å². The third kappa shape index (κ3) is 4.42. The molecule has 5 heteroatoms. The number of allylic oxidation sites excluding steroid dienone is 1. The number of fused-ring (bicyclic) bond motifs is 5. The fraction of sp³-hybridized carbons (Fsp3) is 0.727. The van der Waals surface area contributed by atoms with Crippen LogP contribution in [0.4, 0.5) is 0 Å². The zero-order valence-corrected chi connectivity index (χ0v) is 23.6. The molecule has 0 aromatic heterocycles. The lowest BCUT2D eigenvalue weighted by Crippen LogP contribution is -2.62. The largest absolute Gasteiger partial charge is 0.507 e. The Balaban J connectivity index is 1.32. The van der Waals surface area contributed by atoms with Crippen LogP contribution < -0.4 is 0 Å². The zero-order chi connectivity index (χ0) is 27.4. The molecule has 4 N–H and O–H groups in total. The molecule has 210 valence electrons. The number of aromatic carboxylic acids is 1. The highest BCUT2D eigenvalue weighted by molar-refractivity contribution is 5.91. The van der Waals surface area contributed by atoms with E-state index in [1.54, 1.807) is 6.07 Å². The first-order chi connectivity index (χ1) is 18.0. The van der Waals surface area contributed by atoms with Gasteiger partial charge in [0.15, 0.2) is 0 Å². The Labute approximate surface area is 228 Å². The van der Waals surface area contributed by atoms with Gasteiger partial charge in [0.25, 0.3) is 0 Å². The fourth-order valence-electron chi connectivity index (χ4n) is 10.3. The minimum Gasteiger partial charge on any atom is -0.507 e. The molecule has 4 saturated carbocycles. The normalized spacial score (nSPS) is 43.3. The van der Waals surface area contributed by atoms with E-state index in [1.165, 1.54) is 37.8 Å². The van der Waals surface area contributed by atoms with Crippen molar-refractivity contribution < 1.29 is 25.2 Å². The summed E-state index contributed by atoms with van der Waals surface area (Å²) in [5, 5.41) is 41.6. The first-order valence-electron chi connectivity index (χ1n) is 15.1. The summed E-state index contributed by atoms with van der Waals surface area (Å²) in [4.78, 5) is 11.2. The molecule has 5 unspecified atom stereocenters. The van der Waals surface area contributed by atoms with Crippen LogP contribution in [0.15, 0.2) is 24.3 Å². The van der Waals surface area contributed by atoms with Crippen LogP contribution in [0.3, 0.4) is 0 Å². The standard InChI is InChI=1S/C33H48O5/c1-5-22-27-18-21(34)13-15-33(27,4)26-14-16-32(3)24(11-12-25(32)29(26)30(22)36)19(2)7-6-8-20-9-10-23(31(37)38)28(35)17-20/h6,8-10,17,19,21-22,24-27,29-30,34-36H,5,7,11-16,18H2,1-4H3,(H,37,38)/b8-6+/t19-,21-,22-,24-,25?,26?,27?,29?,30-,32-,33?/m1/s1. The van der Waals surface area contributed by atoms with Gasteiger partial charge in [0.2, 0.25) is 0 Å². The first kappa shape index (κ1) is 27.7. The number of aliphatic hydroxyl groups is 2. The highest BCUT2D eigenvalue weighted by Crippen LogP contribution is 2.69. The molecule has 0 bridgehead atoms. The molecule has 0 aliphatic heterocycles. The summed E-state index contributed by atoms with van der Waals surface area (Å²) in [6.45, 7) is 9.62. The van der Waals surface area contributed by atoms with E-state index in [0.29, 0.717) is 41.4 Å². The third-order valence-electron chi connectivity index (χ3n) is 12.2. The highest BCUT2D eigenvalue weighted by atomic mass is 16.4. The van der Waals surface area contributed by atoms with Gasteiger partial charge in [-0.1, -0.05) is 52.3 Å². The van der Waals surface area contributed by atoms with Gasteiger partial charge in [-0.2, -0.15) is 0 Å². The minimum absolute atomic E-state index is 0.0733. The van der Waals surface area contributed by atoms with Crippen molar-refractivity contribution in [1.29, 1.82) is 0 Å². The summed E-state index contributed by atoms with van der Waals surface area (Å²) in [6, 6.07) is 4.72. The minimum atomic E-state index is -1.12. The van der Waals surface area contributed by atoms with Crippen LogP contribution in [-0.4, -0.2) is 38.6 Å². The van der Waals surface area contributed by atoms with Crippen LogP contribution in [0, 0.1) is 52.3 Å². The molecule has 5 nitrogen and oxygen atoms in total.